The number of benzene rings is 1. The average molecular weight is 272 g/mol. The van der Waals surface area contributed by atoms with E-state index >= 15 is 0 Å². The number of nitrogens with zero attached hydrogens (tertiary/aromatic N) is 3. The van der Waals surface area contributed by atoms with E-state index < -0.39 is 0 Å². The zero-order valence-electron chi connectivity index (χ0n) is 11.7. The standard InChI is InChI=1S/C15H20N4O/c1-18(9-5-8-16)15(20)12-19-11-14(10-17-19)13-6-3-2-4-7-13/h2-4,6-7,10-11H,5,8-9,12,16H2,1H3. The Bertz CT molecular complexity index is 550. The van der Waals surface area contributed by atoms with Crippen molar-refractivity contribution in [3.8, 4) is 11.1 Å². The highest BCUT2D eigenvalue weighted by molar-refractivity contribution is 5.75. The predicted molar refractivity (Wildman–Crippen MR) is 79.0 cm³/mol. The minimum absolute atomic E-state index is 0.0427. The Morgan fingerprint density at radius 3 is 2.75 bits per heavy atom. The lowest BCUT2D eigenvalue weighted by molar-refractivity contribution is -0.130. The van der Waals surface area contributed by atoms with Crippen molar-refractivity contribution in [1.29, 1.82) is 0 Å². The molecule has 0 aliphatic rings. The van der Waals surface area contributed by atoms with Crippen molar-refractivity contribution >= 4 is 5.91 Å². The summed E-state index contributed by atoms with van der Waals surface area (Å²) in [6, 6.07) is 9.99. The number of rotatable bonds is 6. The van der Waals surface area contributed by atoms with Crippen LogP contribution < -0.4 is 5.73 Å². The molecular weight excluding hydrogens is 252 g/mol. The third kappa shape index (κ3) is 3.68. The molecule has 2 N–H and O–H groups in total. The van der Waals surface area contributed by atoms with E-state index in [9.17, 15) is 4.79 Å². The van der Waals surface area contributed by atoms with Crippen LogP contribution in [0.15, 0.2) is 42.7 Å². The maximum atomic E-state index is 12.0. The monoisotopic (exact) mass is 272 g/mol. The van der Waals surface area contributed by atoms with E-state index in [1.54, 1.807) is 22.8 Å². The molecule has 0 aliphatic heterocycles. The van der Waals surface area contributed by atoms with E-state index in [2.05, 4.69) is 5.10 Å². The average Bonchev–Trinajstić information content (AvgIpc) is 2.94. The fourth-order valence-electron chi connectivity index (χ4n) is 1.94. The molecule has 1 amide bonds. The molecule has 106 valence electrons. The van der Waals surface area contributed by atoms with Crippen molar-refractivity contribution in [2.45, 2.75) is 13.0 Å². The van der Waals surface area contributed by atoms with Crippen LogP contribution in [0.2, 0.25) is 0 Å². The molecule has 5 heteroatoms. The van der Waals surface area contributed by atoms with Gasteiger partial charge in [0.25, 0.3) is 0 Å². The molecule has 0 fully saturated rings. The van der Waals surface area contributed by atoms with Gasteiger partial charge < -0.3 is 10.6 Å². The Hall–Kier alpha value is -2.14. The Balaban J connectivity index is 1.98. The van der Waals surface area contributed by atoms with Gasteiger partial charge >= 0.3 is 0 Å². The summed E-state index contributed by atoms with van der Waals surface area (Å²) in [6.45, 7) is 1.54. The number of carbonyl (C=O) groups excluding carboxylic acids is 1. The summed E-state index contributed by atoms with van der Waals surface area (Å²) in [5.74, 6) is 0.0427. The first-order valence-corrected chi connectivity index (χ1v) is 6.72. The summed E-state index contributed by atoms with van der Waals surface area (Å²) in [6.07, 6.45) is 4.49. The second kappa shape index (κ2) is 6.86. The number of nitrogens with two attached hydrogens (primary N) is 1. The van der Waals surface area contributed by atoms with Crippen LogP contribution in [-0.2, 0) is 11.3 Å². The summed E-state index contributed by atoms with van der Waals surface area (Å²) in [5.41, 5.74) is 7.56. The van der Waals surface area contributed by atoms with Crippen LogP contribution in [0.4, 0.5) is 0 Å². The summed E-state index contributed by atoms with van der Waals surface area (Å²) < 4.78 is 1.67. The molecule has 5 nitrogen and oxygen atoms in total. The van der Waals surface area contributed by atoms with Crippen LogP contribution >= 0.6 is 0 Å². The van der Waals surface area contributed by atoms with E-state index in [1.165, 1.54) is 0 Å². The molecule has 20 heavy (non-hydrogen) atoms. The molecule has 1 heterocycles. The van der Waals surface area contributed by atoms with Crippen molar-refractivity contribution < 1.29 is 4.79 Å². The minimum atomic E-state index is 0.0427. The first kappa shape index (κ1) is 14.3. The van der Waals surface area contributed by atoms with Crippen LogP contribution in [0.5, 0.6) is 0 Å². The van der Waals surface area contributed by atoms with Crippen molar-refractivity contribution in [3.05, 3.63) is 42.7 Å². The van der Waals surface area contributed by atoms with E-state index in [1.807, 2.05) is 36.5 Å². The van der Waals surface area contributed by atoms with Gasteiger partial charge in [-0.3, -0.25) is 9.48 Å². The number of hydrogen-bond donors (Lipinski definition) is 1. The minimum Gasteiger partial charge on any atom is -0.344 e. The molecule has 0 atom stereocenters. The van der Waals surface area contributed by atoms with Gasteiger partial charge in [0.2, 0.25) is 5.91 Å². The van der Waals surface area contributed by atoms with Crippen molar-refractivity contribution in [1.82, 2.24) is 14.7 Å². The Morgan fingerprint density at radius 2 is 2.05 bits per heavy atom. The molecule has 1 aromatic carbocycles. The number of aromatic nitrogens is 2. The molecule has 2 rings (SSSR count). The Kier molecular flexibility index (Phi) is 4.90. The summed E-state index contributed by atoms with van der Waals surface area (Å²) in [4.78, 5) is 13.7. The molecule has 2 aromatic rings. The smallest absolute Gasteiger partial charge is 0.244 e. The lowest BCUT2D eigenvalue weighted by Gasteiger charge is -2.16. The van der Waals surface area contributed by atoms with Crippen molar-refractivity contribution in [3.63, 3.8) is 0 Å². The summed E-state index contributed by atoms with van der Waals surface area (Å²) >= 11 is 0. The first-order valence-electron chi connectivity index (χ1n) is 6.72. The molecule has 0 unspecified atom stereocenters. The SMILES string of the molecule is CN(CCCN)C(=O)Cn1cc(-c2ccccc2)cn1. The third-order valence-corrected chi connectivity index (χ3v) is 3.16. The van der Waals surface area contributed by atoms with Gasteiger partial charge in [0.1, 0.15) is 6.54 Å². The molecule has 0 aliphatic carbocycles. The van der Waals surface area contributed by atoms with E-state index in [4.69, 9.17) is 5.73 Å². The quantitative estimate of drug-likeness (QED) is 0.863. The lowest BCUT2D eigenvalue weighted by Crippen LogP contribution is -2.32. The number of hydrogen-bond acceptors (Lipinski definition) is 3. The second-order valence-corrected chi connectivity index (χ2v) is 4.75. The van der Waals surface area contributed by atoms with Crippen LogP contribution in [0.1, 0.15) is 6.42 Å². The van der Waals surface area contributed by atoms with Gasteiger partial charge in [0, 0.05) is 25.4 Å². The van der Waals surface area contributed by atoms with Crippen LogP contribution in [0.25, 0.3) is 11.1 Å². The van der Waals surface area contributed by atoms with Crippen molar-refractivity contribution in [2.24, 2.45) is 5.73 Å². The number of amides is 1. The lowest BCUT2D eigenvalue weighted by atomic mass is 10.1. The van der Waals surface area contributed by atoms with Gasteiger partial charge in [0.05, 0.1) is 6.20 Å². The highest BCUT2D eigenvalue weighted by Crippen LogP contribution is 2.17. The highest BCUT2D eigenvalue weighted by Gasteiger charge is 2.10. The Labute approximate surface area is 119 Å². The fourth-order valence-corrected chi connectivity index (χ4v) is 1.94. The first-order chi connectivity index (χ1) is 9.70. The van der Waals surface area contributed by atoms with Gasteiger partial charge in [-0.25, -0.2) is 0 Å². The third-order valence-electron chi connectivity index (χ3n) is 3.16. The van der Waals surface area contributed by atoms with Crippen LogP contribution in [0.3, 0.4) is 0 Å². The number of carbonyl (C=O) groups is 1. The molecule has 0 spiro atoms. The van der Waals surface area contributed by atoms with Crippen molar-refractivity contribution in [2.75, 3.05) is 20.1 Å². The van der Waals surface area contributed by atoms with E-state index in [0.29, 0.717) is 13.1 Å². The second-order valence-electron chi connectivity index (χ2n) is 4.75. The maximum Gasteiger partial charge on any atom is 0.244 e. The van der Waals surface area contributed by atoms with Gasteiger partial charge in [-0.1, -0.05) is 30.3 Å². The van der Waals surface area contributed by atoms with Gasteiger partial charge in [0.15, 0.2) is 0 Å². The zero-order valence-corrected chi connectivity index (χ0v) is 11.7. The molecule has 0 saturated heterocycles. The van der Waals surface area contributed by atoms with Crippen LogP contribution in [0, 0.1) is 0 Å². The molecule has 1 aromatic heterocycles. The molecule has 0 radical (unpaired) electrons. The number of likely N-dealkylation sites (N-methyl/N-ethyl adjacent to an activating group) is 1. The maximum absolute atomic E-state index is 12.0. The zero-order chi connectivity index (χ0) is 14.4. The molecule has 0 bridgehead atoms. The fraction of sp³-hybridized carbons (Fsp3) is 0.333. The largest absolute Gasteiger partial charge is 0.344 e. The topological polar surface area (TPSA) is 64.2 Å². The summed E-state index contributed by atoms with van der Waals surface area (Å²) in [7, 11) is 1.79. The van der Waals surface area contributed by atoms with E-state index in [-0.39, 0.29) is 12.5 Å². The molecular formula is C15H20N4O. The van der Waals surface area contributed by atoms with Gasteiger partial charge in [-0.15, -0.1) is 0 Å². The van der Waals surface area contributed by atoms with Crippen LogP contribution in [-0.4, -0.2) is 40.7 Å². The van der Waals surface area contributed by atoms with Gasteiger partial charge in [-0.2, -0.15) is 5.10 Å². The molecule has 0 saturated carbocycles. The van der Waals surface area contributed by atoms with Gasteiger partial charge in [-0.05, 0) is 18.5 Å². The van der Waals surface area contributed by atoms with E-state index in [0.717, 1.165) is 17.5 Å². The highest BCUT2D eigenvalue weighted by atomic mass is 16.2. The predicted octanol–water partition coefficient (Wildman–Crippen LogP) is 1.36. The summed E-state index contributed by atoms with van der Waals surface area (Å²) in [5, 5.41) is 4.24. The normalized spacial score (nSPS) is 10.5. The Morgan fingerprint density at radius 1 is 1.30 bits per heavy atom.